The number of thioether (sulfide) groups is 2. The molecule has 0 aliphatic heterocycles. The quantitative estimate of drug-likeness (QED) is 0.324. The zero-order valence-electron chi connectivity index (χ0n) is 15.4. The van der Waals surface area contributed by atoms with Crippen LogP contribution in [0.5, 0.6) is 11.5 Å². The Hall–Kier alpha value is -2.60. The van der Waals surface area contributed by atoms with Gasteiger partial charge in [0.15, 0.2) is 11.5 Å². The van der Waals surface area contributed by atoms with Crippen LogP contribution in [0, 0.1) is 0 Å². The maximum Gasteiger partial charge on any atom is 0.317 e. The van der Waals surface area contributed by atoms with Crippen molar-refractivity contribution in [2.24, 2.45) is 0 Å². The maximum absolute atomic E-state index is 11.5. The normalized spacial score (nSPS) is 13.7. The van der Waals surface area contributed by atoms with Crippen molar-refractivity contribution >= 4 is 47.4 Å². The van der Waals surface area contributed by atoms with E-state index in [1.54, 1.807) is 6.07 Å². The lowest BCUT2D eigenvalue weighted by Gasteiger charge is -2.23. The summed E-state index contributed by atoms with van der Waals surface area (Å²) in [4.78, 5) is 44.9. The molecule has 10 nitrogen and oxygen atoms in total. The number of hydrogen-bond donors (Lipinski definition) is 4. The van der Waals surface area contributed by atoms with Crippen molar-refractivity contribution in [2.45, 2.75) is 27.9 Å². The molecule has 0 aromatic heterocycles. The van der Waals surface area contributed by atoms with E-state index < -0.39 is 51.8 Å². The first-order valence-corrected chi connectivity index (χ1v) is 9.89. The highest BCUT2D eigenvalue weighted by atomic mass is 32.2. The average Bonchev–Trinajstić information content (AvgIpc) is 2.64. The monoisotopic (exact) mass is 448 g/mol. The lowest BCUT2D eigenvalue weighted by atomic mass is 10.2. The Morgan fingerprint density at radius 3 is 1.62 bits per heavy atom. The molecule has 0 saturated carbocycles. The lowest BCUT2D eigenvalue weighted by molar-refractivity contribution is -0.143. The van der Waals surface area contributed by atoms with E-state index in [0.717, 1.165) is 0 Å². The molecule has 160 valence electrons. The fourth-order valence-corrected chi connectivity index (χ4v) is 5.17. The molecule has 0 saturated heterocycles. The number of benzene rings is 1. The summed E-state index contributed by atoms with van der Waals surface area (Å²) in [6.45, 7) is 0. The Morgan fingerprint density at radius 2 is 1.28 bits per heavy atom. The average molecular weight is 448 g/mol. The first-order valence-electron chi connectivity index (χ1n) is 8.01. The van der Waals surface area contributed by atoms with Crippen LogP contribution < -0.4 is 9.47 Å². The number of hydrogen-bond acceptors (Lipinski definition) is 8. The summed E-state index contributed by atoms with van der Waals surface area (Å²) in [5, 5.41) is 33.9. The third-order valence-corrected chi connectivity index (χ3v) is 6.63. The Morgan fingerprint density at radius 1 is 0.828 bits per heavy atom. The Kier molecular flexibility index (Phi) is 9.62. The summed E-state index contributed by atoms with van der Waals surface area (Å²) in [6.07, 6.45) is -1.39. The standard InChI is InChI=1S/C17H20O10S2/c1-26-9-4-3-8(5-10(9)27-2)17(28-11(15(22)23)6-13(18)19)29-12(16(24)25)7-14(20)21/h3-5,11-12,17H,6-7H2,1-2H3,(H,18,19)(H,20,21)(H,22,23)(H,24,25). The van der Waals surface area contributed by atoms with Gasteiger partial charge >= 0.3 is 23.9 Å². The number of rotatable bonds is 13. The molecular formula is C17H20O10S2. The van der Waals surface area contributed by atoms with E-state index in [2.05, 4.69) is 0 Å². The lowest BCUT2D eigenvalue weighted by Crippen LogP contribution is -2.24. The summed E-state index contributed by atoms with van der Waals surface area (Å²) >= 11 is 1.43. The minimum Gasteiger partial charge on any atom is -0.493 e. The van der Waals surface area contributed by atoms with Gasteiger partial charge in [0.2, 0.25) is 0 Å². The van der Waals surface area contributed by atoms with Gasteiger partial charge in [-0.15, -0.1) is 23.5 Å². The first kappa shape index (κ1) is 24.4. The van der Waals surface area contributed by atoms with Crippen molar-refractivity contribution < 1.29 is 49.1 Å². The summed E-state index contributed by atoms with van der Waals surface area (Å²) in [5.74, 6) is -4.75. The molecule has 2 unspecified atom stereocenters. The van der Waals surface area contributed by atoms with Gasteiger partial charge in [0.1, 0.15) is 10.5 Å². The minimum absolute atomic E-state index is 0.298. The second-order valence-electron chi connectivity index (χ2n) is 5.57. The molecule has 0 radical (unpaired) electrons. The van der Waals surface area contributed by atoms with Crippen LogP contribution >= 0.6 is 23.5 Å². The number of carboxylic acids is 4. The van der Waals surface area contributed by atoms with Crippen molar-refractivity contribution in [3.8, 4) is 11.5 Å². The number of aliphatic carboxylic acids is 4. The number of ether oxygens (including phenoxy) is 2. The number of carboxylic acid groups (broad SMARTS) is 4. The number of methoxy groups -OCH3 is 2. The summed E-state index contributed by atoms with van der Waals surface area (Å²) < 4.78 is 9.44. The predicted molar refractivity (Wildman–Crippen MR) is 105 cm³/mol. The number of carbonyl (C=O) groups is 4. The summed E-state index contributed by atoms with van der Waals surface area (Å²) in [5.41, 5.74) is 0.422. The third-order valence-electron chi connectivity index (χ3n) is 3.53. The van der Waals surface area contributed by atoms with Crippen molar-refractivity contribution in [3.05, 3.63) is 23.8 Å². The molecule has 0 aliphatic carbocycles. The molecule has 4 N–H and O–H groups in total. The second-order valence-corrected chi connectivity index (χ2v) is 8.49. The van der Waals surface area contributed by atoms with Crippen molar-refractivity contribution in [1.29, 1.82) is 0 Å². The molecule has 0 fully saturated rings. The van der Waals surface area contributed by atoms with E-state index in [1.165, 1.54) is 26.4 Å². The van der Waals surface area contributed by atoms with Gasteiger partial charge in [-0.2, -0.15) is 0 Å². The van der Waals surface area contributed by atoms with Crippen LogP contribution in [0.3, 0.4) is 0 Å². The van der Waals surface area contributed by atoms with Gasteiger partial charge in [0.25, 0.3) is 0 Å². The van der Waals surface area contributed by atoms with Crippen molar-refractivity contribution in [1.82, 2.24) is 0 Å². The molecule has 1 rings (SSSR count). The fraction of sp³-hybridized carbons (Fsp3) is 0.412. The molecule has 0 bridgehead atoms. The Bertz CT molecular complexity index is 731. The first-order chi connectivity index (χ1) is 13.6. The highest BCUT2D eigenvalue weighted by Gasteiger charge is 2.32. The molecule has 1 aromatic rings. The van der Waals surface area contributed by atoms with Crippen LogP contribution in [-0.2, 0) is 19.2 Å². The minimum atomic E-state index is -1.38. The van der Waals surface area contributed by atoms with Gasteiger partial charge in [-0.3, -0.25) is 19.2 Å². The zero-order chi connectivity index (χ0) is 22.1. The molecule has 0 aliphatic rings. The maximum atomic E-state index is 11.5. The van der Waals surface area contributed by atoms with Crippen molar-refractivity contribution in [3.63, 3.8) is 0 Å². The van der Waals surface area contributed by atoms with Gasteiger partial charge in [-0.1, -0.05) is 6.07 Å². The Balaban J connectivity index is 3.32. The van der Waals surface area contributed by atoms with Gasteiger partial charge < -0.3 is 29.9 Å². The smallest absolute Gasteiger partial charge is 0.317 e. The van der Waals surface area contributed by atoms with Crippen LogP contribution in [0.2, 0.25) is 0 Å². The molecule has 0 amide bonds. The van der Waals surface area contributed by atoms with Crippen LogP contribution in [0.25, 0.3) is 0 Å². The van der Waals surface area contributed by atoms with Crippen LogP contribution in [-0.4, -0.2) is 69.0 Å². The molecule has 2 atom stereocenters. The van der Waals surface area contributed by atoms with Crippen LogP contribution in [0.15, 0.2) is 18.2 Å². The van der Waals surface area contributed by atoms with Crippen LogP contribution in [0.4, 0.5) is 0 Å². The van der Waals surface area contributed by atoms with Gasteiger partial charge in [-0.25, -0.2) is 0 Å². The van der Waals surface area contributed by atoms with E-state index in [0.29, 0.717) is 40.6 Å². The van der Waals surface area contributed by atoms with Crippen molar-refractivity contribution in [2.75, 3.05) is 14.2 Å². The molecular weight excluding hydrogens is 428 g/mol. The zero-order valence-corrected chi connectivity index (χ0v) is 17.1. The van der Waals surface area contributed by atoms with E-state index >= 15 is 0 Å². The molecule has 29 heavy (non-hydrogen) atoms. The topological polar surface area (TPSA) is 168 Å². The predicted octanol–water partition coefficient (Wildman–Crippen LogP) is 2.02. The highest BCUT2D eigenvalue weighted by molar-refractivity contribution is 8.17. The Labute approximate surface area is 174 Å². The molecule has 1 aromatic carbocycles. The molecule has 0 heterocycles. The largest absolute Gasteiger partial charge is 0.493 e. The van der Waals surface area contributed by atoms with E-state index in [1.807, 2.05) is 0 Å². The van der Waals surface area contributed by atoms with E-state index in [-0.39, 0.29) is 0 Å². The van der Waals surface area contributed by atoms with E-state index in [9.17, 15) is 29.4 Å². The van der Waals surface area contributed by atoms with Gasteiger partial charge in [0, 0.05) is 0 Å². The fourth-order valence-electron chi connectivity index (χ4n) is 2.19. The SMILES string of the molecule is COc1ccc(C(SC(CC(=O)O)C(=O)O)SC(CC(=O)O)C(=O)O)cc1OC. The molecule has 0 spiro atoms. The third kappa shape index (κ3) is 7.74. The second kappa shape index (κ2) is 11.4. The van der Waals surface area contributed by atoms with Gasteiger partial charge in [0.05, 0.1) is 31.6 Å². The summed E-state index contributed by atoms with van der Waals surface area (Å²) in [6, 6.07) is 4.58. The molecule has 12 heteroatoms. The highest BCUT2D eigenvalue weighted by Crippen LogP contribution is 2.47. The van der Waals surface area contributed by atoms with E-state index in [4.69, 9.17) is 19.7 Å². The summed E-state index contributed by atoms with van der Waals surface area (Å²) in [7, 11) is 2.80. The van der Waals surface area contributed by atoms with Crippen LogP contribution in [0.1, 0.15) is 23.0 Å². The van der Waals surface area contributed by atoms with Gasteiger partial charge in [-0.05, 0) is 17.7 Å².